The Balaban J connectivity index is 1.70. The van der Waals surface area contributed by atoms with Crippen molar-refractivity contribution < 1.29 is 9.72 Å². The Morgan fingerprint density at radius 3 is 2.86 bits per heavy atom. The number of nitro benzene ring substituents is 1. The zero-order chi connectivity index (χ0) is 21.0. The van der Waals surface area contributed by atoms with Crippen LogP contribution in [0.25, 0.3) is 11.3 Å². The fraction of sp³-hybridized carbons (Fsp3) is 0.158. The number of nitriles is 1. The van der Waals surface area contributed by atoms with Crippen molar-refractivity contribution in [2.75, 3.05) is 5.32 Å². The summed E-state index contributed by atoms with van der Waals surface area (Å²) >= 11 is 2.43. The van der Waals surface area contributed by atoms with Gasteiger partial charge in [0, 0.05) is 28.8 Å². The van der Waals surface area contributed by atoms with Crippen molar-refractivity contribution in [3.8, 4) is 17.3 Å². The molecule has 0 spiro atoms. The fourth-order valence-electron chi connectivity index (χ4n) is 2.38. The number of thiazole rings is 1. The fourth-order valence-corrected chi connectivity index (χ4v) is 4.04. The molecule has 3 aromatic rings. The summed E-state index contributed by atoms with van der Waals surface area (Å²) in [7, 11) is 0. The number of hydrogen-bond donors (Lipinski definition) is 1. The largest absolute Gasteiger partial charge is 0.301 e. The Morgan fingerprint density at radius 2 is 2.14 bits per heavy atom. The van der Waals surface area contributed by atoms with E-state index in [0.717, 1.165) is 5.69 Å². The molecule has 1 unspecified atom stereocenters. The van der Waals surface area contributed by atoms with E-state index in [9.17, 15) is 20.2 Å². The first kappa shape index (κ1) is 20.4. The summed E-state index contributed by atoms with van der Waals surface area (Å²) < 4.78 is 0. The number of carbonyl (C=O) groups excluding carboxylic acids is 1. The van der Waals surface area contributed by atoms with Gasteiger partial charge in [-0.15, -0.1) is 11.3 Å². The summed E-state index contributed by atoms with van der Waals surface area (Å²) in [4.78, 5) is 31.7. The molecule has 0 fully saturated rings. The molecule has 1 atom stereocenters. The number of nitrogens with one attached hydrogen (secondary N) is 1. The highest BCUT2D eigenvalue weighted by Gasteiger charge is 2.19. The molecular formula is C19H15N5O3S2. The average Bonchev–Trinajstić information content (AvgIpc) is 3.16. The van der Waals surface area contributed by atoms with Gasteiger partial charge in [0.2, 0.25) is 5.91 Å². The summed E-state index contributed by atoms with van der Waals surface area (Å²) in [5, 5.41) is 25.0. The minimum atomic E-state index is -0.499. The second-order valence-corrected chi connectivity index (χ2v) is 8.20. The van der Waals surface area contributed by atoms with Gasteiger partial charge in [-0.3, -0.25) is 14.9 Å². The van der Waals surface area contributed by atoms with E-state index in [-0.39, 0.29) is 11.6 Å². The quantitative estimate of drug-likeness (QED) is 0.352. The van der Waals surface area contributed by atoms with Crippen molar-refractivity contribution in [2.24, 2.45) is 0 Å². The van der Waals surface area contributed by atoms with Crippen LogP contribution in [-0.4, -0.2) is 26.0 Å². The predicted molar refractivity (Wildman–Crippen MR) is 112 cm³/mol. The van der Waals surface area contributed by atoms with E-state index >= 15 is 0 Å². The smallest absolute Gasteiger partial charge is 0.270 e. The molecule has 0 aliphatic rings. The van der Waals surface area contributed by atoms with Crippen LogP contribution in [0.15, 0.2) is 46.8 Å². The Labute approximate surface area is 174 Å². The van der Waals surface area contributed by atoms with Crippen molar-refractivity contribution in [1.82, 2.24) is 9.97 Å². The van der Waals surface area contributed by atoms with Gasteiger partial charge in [0.05, 0.1) is 21.4 Å². The van der Waals surface area contributed by atoms with E-state index in [2.05, 4.69) is 21.4 Å². The van der Waals surface area contributed by atoms with Gasteiger partial charge in [-0.05, 0) is 26.0 Å². The molecule has 0 radical (unpaired) electrons. The lowest BCUT2D eigenvalue weighted by molar-refractivity contribution is -0.384. The number of rotatable bonds is 6. The molecule has 1 N–H and O–H groups in total. The molecule has 1 amide bonds. The van der Waals surface area contributed by atoms with Crippen molar-refractivity contribution in [1.29, 1.82) is 5.26 Å². The molecule has 146 valence electrons. The Morgan fingerprint density at radius 1 is 1.34 bits per heavy atom. The third-order valence-electron chi connectivity index (χ3n) is 3.86. The molecule has 0 bridgehead atoms. The van der Waals surface area contributed by atoms with Gasteiger partial charge >= 0.3 is 0 Å². The molecule has 3 rings (SSSR count). The normalized spacial score (nSPS) is 11.5. The minimum absolute atomic E-state index is 0.0231. The standard InChI is InChI=1S/C19H15N5O3S2/c1-11-6-7-14(9-20)18(21-11)29-12(2)17(25)23-19-22-16(10-28-19)13-4-3-5-15(8-13)24(26)27/h3-8,10,12H,1-2H3,(H,22,23,25). The number of nitrogens with zero attached hydrogens (tertiary/aromatic N) is 4. The molecule has 0 aliphatic heterocycles. The van der Waals surface area contributed by atoms with Crippen LogP contribution >= 0.6 is 23.1 Å². The lowest BCUT2D eigenvalue weighted by Gasteiger charge is -2.11. The number of amides is 1. The highest BCUT2D eigenvalue weighted by molar-refractivity contribution is 8.00. The Bertz CT molecular complexity index is 1120. The number of aromatic nitrogens is 2. The summed E-state index contributed by atoms with van der Waals surface area (Å²) in [5.41, 5.74) is 2.30. The number of pyridine rings is 1. The molecule has 2 aromatic heterocycles. The van der Waals surface area contributed by atoms with E-state index in [1.165, 1.54) is 35.2 Å². The number of benzene rings is 1. The zero-order valence-corrected chi connectivity index (χ0v) is 17.1. The molecule has 0 aliphatic carbocycles. The van der Waals surface area contributed by atoms with Crippen molar-refractivity contribution >= 4 is 39.8 Å². The second kappa shape index (κ2) is 8.81. The third kappa shape index (κ3) is 4.96. The number of non-ortho nitro benzene ring substituents is 1. The van der Waals surface area contributed by atoms with Crippen molar-refractivity contribution in [3.05, 3.63) is 63.1 Å². The molecule has 0 saturated heterocycles. The molecule has 1 aromatic carbocycles. The monoisotopic (exact) mass is 425 g/mol. The average molecular weight is 425 g/mol. The maximum absolute atomic E-state index is 12.5. The topological polar surface area (TPSA) is 122 Å². The highest BCUT2D eigenvalue weighted by atomic mass is 32.2. The van der Waals surface area contributed by atoms with Crippen LogP contribution in [0.1, 0.15) is 18.2 Å². The van der Waals surface area contributed by atoms with Gasteiger partial charge in [0.15, 0.2) is 5.13 Å². The SMILES string of the molecule is Cc1ccc(C#N)c(SC(C)C(=O)Nc2nc(-c3cccc([N+](=O)[O-])c3)cs2)n1. The van der Waals surface area contributed by atoms with Crippen molar-refractivity contribution in [2.45, 2.75) is 24.1 Å². The van der Waals surface area contributed by atoms with E-state index in [4.69, 9.17) is 0 Å². The number of anilines is 1. The van der Waals surface area contributed by atoms with E-state index in [1.54, 1.807) is 36.6 Å². The lowest BCUT2D eigenvalue weighted by Crippen LogP contribution is -2.22. The van der Waals surface area contributed by atoms with Crippen LogP contribution in [0.5, 0.6) is 0 Å². The summed E-state index contributed by atoms with van der Waals surface area (Å²) in [6.07, 6.45) is 0. The van der Waals surface area contributed by atoms with Crippen LogP contribution in [0.2, 0.25) is 0 Å². The van der Waals surface area contributed by atoms with Crippen LogP contribution in [-0.2, 0) is 4.79 Å². The first-order chi connectivity index (χ1) is 13.9. The summed E-state index contributed by atoms with van der Waals surface area (Å²) in [6, 6.07) is 11.7. The number of thioether (sulfide) groups is 1. The molecule has 29 heavy (non-hydrogen) atoms. The summed E-state index contributed by atoms with van der Waals surface area (Å²) in [6.45, 7) is 3.54. The highest BCUT2D eigenvalue weighted by Crippen LogP contribution is 2.29. The van der Waals surface area contributed by atoms with Crippen molar-refractivity contribution in [3.63, 3.8) is 0 Å². The Hall–Kier alpha value is -3.29. The van der Waals surface area contributed by atoms with Gasteiger partial charge in [-0.1, -0.05) is 23.9 Å². The van der Waals surface area contributed by atoms with Gasteiger partial charge in [0.1, 0.15) is 11.1 Å². The molecule has 8 nitrogen and oxygen atoms in total. The van der Waals surface area contributed by atoms with Crippen LogP contribution in [0.4, 0.5) is 10.8 Å². The zero-order valence-electron chi connectivity index (χ0n) is 15.4. The van der Waals surface area contributed by atoms with Gasteiger partial charge in [0.25, 0.3) is 5.69 Å². The van der Waals surface area contributed by atoms with Crippen LogP contribution in [0.3, 0.4) is 0 Å². The van der Waals surface area contributed by atoms with E-state index in [1.807, 2.05) is 6.92 Å². The Kier molecular flexibility index (Phi) is 6.21. The maximum atomic E-state index is 12.5. The second-order valence-electron chi connectivity index (χ2n) is 6.01. The van der Waals surface area contributed by atoms with E-state index in [0.29, 0.717) is 27.0 Å². The number of hydrogen-bond acceptors (Lipinski definition) is 8. The first-order valence-electron chi connectivity index (χ1n) is 8.43. The number of nitro groups is 1. The van der Waals surface area contributed by atoms with Gasteiger partial charge < -0.3 is 5.32 Å². The van der Waals surface area contributed by atoms with E-state index < -0.39 is 10.2 Å². The molecule has 2 heterocycles. The van der Waals surface area contributed by atoms with Crippen LogP contribution < -0.4 is 5.32 Å². The lowest BCUT2D eigenvalue weighted by atomic mass is 10.1. The van der Waals surface area contributed by atoms with Gasteiger partial charge in [-0.25, -0.2) is 9.97 Å². The number of carbonyl (C=O) groups is 1. The summed E-state index contributed by atoms with van der Waals surface area (Å²) in [5.74, 6) is -0.276. The van der Waals surface area contributed by atoms with Crippen LogP contribution in [0, 0.1) is 28.4 Å². The molecular weight excluding hydrogens is 410 g/mol. The van der Waals surface area contributed by atoms with Gasteiger partial charge in [-0.2, -0.15) is 5.26 Å². The molecule has 10 heteroatoms. The first-order valence-corrected chi connectivity index (χ1v) is 10.2. The number of aryl methyl sites for hydroxylation is 1. The predicted octanol–water partition coefficient (Wildman–Crippen LogP) is 4.41. The molecule has 0 saturated carbocycles. The maximum Gasteiger partial charge on any atom is 0.270 e. The third-order valence-corrected chi connectivity index (χ3v) is 5.72. The minimum Gasteiger partial charge on any atom is -0.301 e.